The highest BCUT2D eigenvalue weighted by molar-refractivity contribution is 7.99. The van der Waals surface area contributed by atoms with E-state index in [1.165, 1.54) is 0 Å². The Balaban J connectivity index is 2.04. The maximum Gasteiger partial charge on any atom is 0.250 e. The van der Waals surface area contributed by atoms with E-state index in [1.54, 1.807) is 16.7 Å². The fourth-order valence-electron chi connectivity index (χ4n) is 2.46. The molecule has 1 unspecified atom stereocenters. The molecule has 112 valence electrons. The van der Waals surface area contributed by atoms with E-state index in [0.29, 0.717) is 37.9 Å². The van der Waals surface area contributed by atoms with E-state index in [9.17, 15) is 9.59 Å². The molecule has 0 spiro atoms. The minimum Gasteiger partial charge on any atom is -0.378 e. The molecular weight excluding hydrogens is 276 g/mol. The molecule has 0 N–H and O–H groups in total. The number of nitrogens with zero attached hydrogens (tertiary/aromatic N) is 2. The summed E-state index contributed by atoms with van der Waals surface area (Å²) in [6.45, 7) is 6.28. The Morgan fingerprint density at radius 1 is 1.35 bits per heavy atom. The maximum absolute atomic E-state index is 12.5. The van der Waals surface area contributed by atoms with Crippen molar-refractivity contribution in [1.29, 1.82) is 0 Å². The van der Waals surface area contributed by atoms with Crippen LogP contribution in [0.15, 0.2) is 11.6 Å². The molecule has 2 aliphatic heterocycles. The first-order valence-electron chi connectivity index (χ1n) is 7.07. The highest BCUT2D eigenvalue weighted by Crippen LogP contribution is 2.24. The molecule has 2 heterocycles. The largest absolute Gasteiger partial charge is 0.378 e. The van der Waals surface area contributed by atoms with Gasteiger partial charge < -0.3 is 14.5 Å². The molecule has 2 rings (SSSR count). The molecular formula is C14H22N2O3S. The van der Waals surface area contributed by atoms with Crippen LogP contribution in [0.3, 0.4) is 0 Å². The van der Waals surface area contributed by atoms with Gasteiger partial charge >= 0.3 is 0 Å². The number of carbonyl (C=O) groups excluding carboxylic acids is 2. The molecule has 2 saturated heterocycles. The second-order valence-electron chi connectivity index (χ2n) is 5.02. The lowest BCUT2D eigenvalue weighted by atomic mass is 10.1. The summed E-state index contributed by atoms with van der Waals surface area (Å²) >= 11 is 1.65. The first kappa shape index (κ1) is 15.4. The molecule has 0 saturated carbocycles. The van der Waals surface area contributed by atoms with E-state index in [-0.39, 0.29) is 17.9 Å². The van der Waals surface area contributed by atoms with Crippen molar-refractivity contribution in [2.45, 2.75) is 26.3 Å². The Labute approximate surface area is 124 Å². The van der Waals surface area contributed by atoms with Crippen molar-refractivity contribution < 1.29 is 14.3 Å². The molecule has 0 aromatic rings. The van der Waals surface area contributed by atoms with E-state index < -0.39 is 0 Å². The summed E-state index contributed by atoms with van der Waals surface area (Å²) in [5, 5.41) is 0. The molecule has 6 heteroatoms. The molecule has 0 aliphatic carbocycles. The van der Waals surface area contributed by atoms with Crippen LogP contribution in [0.1, 0.15) is 20.3 Å². The Morgan fingerprint density at radius 3 is 2.70 bits per heavy atom. The summed E-state index contributed by atoms with van der Waals surface area (Å²) in [5.41, 5.74) is 0.731. The average molecular weight is 298 g/mol. The van der Waals surface area contributed by atoms with Crippen LogP contribution in [-0.2, 0) is 14.3 Å². The van der Waals surface area contributed by atoms with Crippen molar-refractivity contribution in [3.05, 3.63) is 11.6 Å². The van der Waals surface area contributed by atoms with Gasteiger partial charge in [-0.3, -0.25) is 9.59 Å². The SMILES string of the molecule is CC/C=C(/C)C(=O)N1CSCC1C(=O)N1CCOCC1. The second kappa shape index (κ2) is 7.13. The van der Waals surface area contributed by atoms with Crippen molar-refractivity contribution in [3.8, 4) is 0 Å². The van der Waals surface area contributed by atoms with Crippen molar-refractivity contribution in [2.24, 2.45) is 0 Å². The number of hydrogen-bond donors (Lipinski definition) is 0. The lowest BCUT2D eigenvalue weighted by Crippen LogP contribution is -2.52. The van der Waals surface area contributed by atoms with Crippen LogP contribution >= 0.6 is 11.8 Å². The molecule has 5 nitrogen and oxygen atoms in total. The smallest absolute Gasteiger partial charge is 0.250 e. The molecule has 0 radical (unpaired) electrons. The Hall–Kier alpha value is -1.01. The molecule has 0 aromatic heterocycles. The number of hydrogen-bond acceptors (Lipinski definition) is 4. The van der Waals surface area contributed by atoms with Crippen molar-refractivity contribution in [1.82, 2.24) is 9.80 Å². The number of morpholine rings is 1. The van der Waals surface area contributed by atoms with Gasteiger partial charge in [0.05, 0.1) is 19.1 Å². The van der Waals surface area contributed by atoms with Crippen LogP contribution in [0.5, 0.6) is 0 Å². The minimum atomic E-state index is -0.314. The van der Waals surface area contributed by atoms with E-state index in [2.05, 4.69) is 0 Å². The third-order valence-electron chi connectivity index (χ3n) is 3.60. The van der Waals surface area contributed by atoms with E-state index in [0.717, 1.165) is 12.0 Å². The molecule has 20 heavy (non-hydrogen) atoms. The first-order chi connectivity index (χ1) is 9.65. The molecule has 0 aromatic carbocycles. The van der Waals surface area contributed by atoms with Gasteiger partial charge in [-0.2, -0.15) is 0 Å². The van der Waals surface area contributed by atoms with E-state index in [4.69, 9.17) is 4.74 Å². The normalized spacial score (nSPS) is 24.1. The maximum atomic E-state index is 12.5. The molecule has 2 amide bonds. The third kappa shape index (κ3) is 3.35. The molecule has 0 bridgehead atoms. The van der Waals surface area contributed by atoms with Crippen LogP contribution in [0.4, 0.5) is 0 Å². The summed E-state index contributed by atoms with van der Waals surface area (Å²) in [4.78, 5) is 28.5. The Kier molecular flexibility index (Phi) is 5.48. The van der Waals surface area contributed by atoms with Gasteiger partial charge in [0.2, 0.25) is 5.91 Å². The van der Waals surface area contributed by atoms with Crippen molar-refractivity contribution in [2.75, 3.05) is 37.9 Å². The first-order valence-corrected chi connectivity index (χ1v) is 8.22. The summed E-state index contributed by atoms with van der Waals surface area (Å²) in [6.07, 6.45) is 2.75. The Morgan fingerprint density at radius 2 is 2.05 bits per heavy atom. The molecule has 2 fully saturated rings. The topological polar surface area (TPSA) is 49.9 Å². The standard InChI is InChI=1S/C14H22N2O3S/c1-3-4-11(2)13(17)16-10-20-9-12(16)14(18)15-5-7-19-8-6-15/h4,12H,3,5-10H2,1-2H3/b11-4-. The highest BCUT2D eigenvalue weighted by Gasteiger charge is 2.37. The molecule has 2 aliphatic rings. The van der Waals surface area contributed by atoms with Crippen LogP contribution in [0, 0.1) is 0 Å². The number of allylic oxidation sites excluding steroid dienone is 1. The van der Waals surface area contributed by atoms with Gasteiger partial charge in [-0.15, -0.1) is 11.8 Å². The van der Waals surface area contributed by atoms with Gasteiger partial charge in [-0.05, 0) is 13.3 Å². The van der Waals surface area contributed by atoms with Gasteiger partial charge in [0.15, 0.2) is 0 Å². The summed E-state index contributed by atoms with van der Waals surface area (Å²) in [6, 6.07) is -0.314. The van der Waals surface area contributed by atoms with Crippen LogP contribution in [0.25, 0.3) is 0 Å². The van der Waals surface area contributed by atoms with Crippen molar-refractivity contribution in [3.63, 3.8) is 0 Å². The predicted octanol–water partition coefficient (Wildman–Crippen LogP) is 1.10. The minimum absolute atomic E-state index is 0.0107. The van der Waals surface area contributed by atoms with Gasteiger partial charge in [0.1, 0.15) is 6.04 Å². The van der Waals surface area contributed by atoms with Crippen LogP contribution in [-0.4, -0.2) is 65.6 Å². The van der Waals surface area contributed by atoms with E-state index in [1.807, 2.05) is 24.8 Å². The number of carbonyl (C=O) groups is 2. The number of rotatable bonds is 3. The lowest BCUT2D eigenvalue weighted by Gasteiger charge is -2.32. The fourth-order valence-corrected chi connectivity index (χ4v) is 3.61. The van der Waals surface area contributed by atoms with Gasteiger partial charge in [0.25, 0.3) is 5.91 Å². The monoisotopic (exact) mass is 298 g/mol. The molecule has 1 atom stereocenters. The highest BCUT2D eigenvalue weighted by atomic mass is 32.2. The second-order valence-corrected chi connectivity index (χ2v) is 6.02. The number of amides is 2. The van der Waals surface area contributed by atoms with Crippen molar-refractivity contribution >= 4 is 23.6 Å². The number of thioether (sulfide) groups is 1. The summed E-state index contributed by atoms with van der Waals surface area (Å²) < 4.78 is 5.27. The lowest BCUT2D eigenvalue weighted by molar-refractivity contribution is -0.144. The number of ether oxygens (including phenoxy) is 1. The quantitative estimate of drug-likeness (QED) is 0.732. The van der Waals surface area contributed by atoms with Gasteiger partial charge in [-0.25, -0.2) is 0 Å². The van der Waals surface area contributed by atoms with E-state index >= 15 is 0 Å². The third-order valence-corrected chi connectivity index (χ3v) is 4.61. The predicted molar refractivity (Wildman–Crippen MR) is 79.4 cm³/mol. The zero-order valence-electron chi connectivity index (χ0n) is 12.1. The van der Waals surface area contributed by atoms with Gasteiger partial charge in [-0.1, -0.05) is 13.0 Å². The fraction of sp³-hybridized carbons (Fsp3) is 0.714. The summed E-state index contributed by atoms with van der Waals surface area (Å²) in [7, 11) is 0. The Bertz CT molecular complexity index is 405. The van der Waals surface area contributed by atoms with Crippen LogP contribution < -0.4 is 0 Å². The average Bonchev–Trinajstić information content (AvgIpc) is 2.96. The van der Waals surface area contributed by atoms with Crippen LogP contribution in [0.2, 0.25) is 0 Å². The zero-order valence-corrected chi connectivity index (χ0v) is 12.9. The van der Waals surface area contributed by atoms with Gasteiger partial charge in [0, 0.05) is 24.4 Å². The summed E-state index contributed by atoms with van der Waals surface area (Å²) in [5.74, 6) is 1.36. The zero-order chi connectivity index (χ0) is 14.5.